The van der Waals surface area contributed by atoms with Gasteiger partial charge in [-0.05, 0) is 36.8 Å². The summed E-state index contributed by atoms with van der Waals surface area (Å²) in [6, 6.07) is 7.48. The molecule has 1 N–H and O–H groups in total. The second-order valence-electron chi connectivity index (χ2n) is 5.74. The number of benzene rings is 1. The number of aromatic nitrogens is 4. The molecule has 0 atom stereocenters. The topological polar surface area (TPSA) is 95.4 Å². The van der Waals surface area contributed by atoms with Gasteiger partial charge in [0, 0.05) is 21.1 Å². The Hall–Kier alpha value is -3.36. The van der Waals surface area contributed by atoms with Crippen LogP contribution in [0.4, 0.5) is 5.95 Å². The van der Waals surface area contributed by atoms with Gasteiger partial charge < -0.3 is 9.30 Å². The first-order valence-corrected chi connectivity index (χ1v) is 8.08. The van der Waals surface area contributed by atoms with E-state index >= 15 is 0 Å². The largest absolute Gasteiger partial charge is 0.494 e. The second kappa shape index (κ2) is 6.87. The molecule has 0 aliphatic carbocycles. The Morgan fingerprint density at radius 1 is 1.12 bits per heavy atom. The zero-order valence-corrected chi connectivity index (χ0v) is 15.1. The number of fused-ring (bicyclic) bond motifs is 1. The third-order valence-corrected chi connectivity index (χ3v) is 4.04. The number of aryl methyl sites for hydroxylation is 2. The number of imidazole rings is 1. The third-order valence-electron chi connectivity index (χ3n) is 4.04. The lowest BCUT2D eigenvalue weighted by molar-refractivity contribution is 0.340. The molecule has 0 unspecified atom stereocenters. The summed E-state index contributed by atoms with van der Waals surface area (Å²) in [7, 11) is 4.70. The highest BCUT2D eigenvalue weighted by Crippen LogP contribution is 2.13. The van der Waals surface area contributed by atoms with Crippen LogP contribution in [-0.2, 0) is 21.1 Å². The molecule has 9 heteroatoms. The minimum atomic E-state index is -0.426. The number of nitrogens with one attached hydrogen (secondary N) is 1. The number of hydrazone groups is 1. The van der Waals surface area contributed by atoms with Crippen LogP contribution in [0.25, 0.3) is 11.2 Å². The Morgan fingerprint density at radius 2 is 1.81 bits per heavy atom. The highest BCUT2D eigenvalue weighted by Gasteiger charge is 2.16. The van der Waals surface area contributed by atoms with Crippen LogP contribution in [-0.4, -0.2) is 31.5 Å². The molecule has 9 nitrogen and oxygen atoms in total. The van der Waals surface area contributed by atoms with Gasteiger partial charge in [-0.15, -0.1) is 0 Å². The standard InChI is InChI=1S/C17H20N6O3/c1-5-26-12-8-6-11(7-9-12)10-18-20-16-19-14-13(21(16)2)15(24)23(4)17(25)22(14)3/h6-10H,5H2,1-4H3,(H,19,20)/b18-10+. The summed E-state index contributed by atoms with van der Waals surface area (Å²) in [4.78, 5) is 28.7. The molecular weight excluding hydrogens is 336 g/mol. The predicted octanol–water partition coefficient (Wildman–Crippen LogP) is 0.815. The number of anilines is 1. The minimum absolute atomic E-state index is 0.305. The van der Waals surface area contributed by atoms with Crippen LogP contribution in [0.2, 0.25) is 0 Å². The lowest BCUT2D eigenvalue weighted by Gasteiger charge is -2.03. The molecule has 0 saturated carbocycles. The molecule has 0 amide bonds. The quantitative estimate of drug-likeness (QED) is 0.539. The van der Waals surface area contributed by atoms with E-state index in [0.29, 0.717) is 23.7 Å². The van der Waals surface area contributed by atoms with E-state index in [-0.39, 0.29) is 0 Å². The fraction of sp³-hybridized carbons (Fsp3) is 0.294. The third kappa shape index (κ3) is 2.99. The van der Waals surface area contributed by atoms with Crippen molar-refractivity contribution in [2.24, 2.45) is 26.2 Å². The summed E-state index contributed by atoms with van der Waals surface area (Å²) in [6.07, 6.45) is 1.63. The van der Waals surface area contributed by atoms with Crippen LogP contribution in [0.15, 0.2) is 39.0 Å². The van der Waals surface area contributed by atoms with E-state index in [1.807, 2.05) is 31.2 Å². The molecule has 0 aliphatic rings. The van der Waals surface area contributed by atoms with Crippen molar-refractivity contribution in [2.45, 2.75) is 6.92 Å². The Morgan fingerprint density at radius 3 is 2.46 bits per heavy atom. The van der Waals surface area contributed by atoms with Gasteiger partial charge in [-0.25, -0.2) is 10.2 Å². The monoisotopic (exact) mass is 356 g/mol. The molecule has 26 heavy (non-hydrogen) atoms. The smallest absolute Gasteiger partial charge is 0.332 e. The second-order valence-corrected chi connectivity index (χ2v) is 5.74. The fourth-order valence-electron chi connectivity index (χ4n) is 2.60. The van der Waals surface area contributed by atoms with Gasteiger partial charge in [0.1, 0.15) is 5.75 Å². The van der Waals surface area contributed by atoms with Crippen molar-refractivity contribution in [3.05, 3.63) is 50.7 Å². The number of hydrogen-bond donors (Lipinski definition) is 1. The van der Waals surface area contributed by atoms with E-state index < -0.39 is 11.2 Å². The van der Waals surface area contributed by atoms with Crippen LogP contribution < -0.4 is 21.4 Å². The maximum absolute atomic E-state index is 12.3. The van der Waals surface area contributed by atoms with Crippen LogP contribution >= 0.6 is 0 Å². The van der Waals surface area contributed by atoms with Crippen LogP contribution in [0.1, 0.15) is 12.5 Å². The number of hydrogen-bond acceptors (Lipinski definition) is 6. The van der Waals surface area contributed by atoms with Gasteiger partial charge in [0.05, 0.1) is 12.8 Å². The fourth-order valence-corrected chi connectivity index (χ4v) is 2.60. The van der Waals surface area contributed by atoms with Crippen LogP contribution in [0.3, 0.4) is 0 Å². The summed E-state index contributed by atoms with van der Waals surface area (Å²) >= 11 is 0. The molecule has 0 radical (unpaired) electrons. The number of ether oxygens (including phenoxy) is 1. The molecule has 0 aliphatic heterocycles. The molecule has 2 aromatic heterocycles. The molecule has 0 spiro atoms. The number of rotatable bonds is 5. The van der Waals surface area contributed by atoms with Crippen molar-refractivity contribution in [2.75, 3.05) is 12.0 Å². The molecule has 3 aromatic rings. The van der Waals surface area contributed by atoms with Gasteiger partial charge in [-0.1, -0.05) is 0 Å². The zero-order chi connectivity index (χ0) is 18.8. The summed E-state index contributed by atoms with van der Waals surface area (Å²) in [5, 5.41) is 4.15. The highest BCUT2D eigenvalue weighted by atomic mass is 16.5. The maximum Gasteiger partial charge on any atom is 0.332 e. The van der Waals surface area contributed by atoms with Crippen molar-refractivity contribution in [1.29, 1.82) is 0 Å². The van der Waals surface area contributed by atoms with E-state index in [4.69, 9.17) is 4.74 Å². The molecule has 3 rings (SSSR count). The minimum Gasteiger partial charge on any atom is -0.494 e. The van der Waals surface area contributed by atoms with Crippen molar-refractivity contribution in [3.8, 4) is 5.75 Å². The summed E-state index contributed by atoms with van der Waals surface area (Å²) in [6.45, 7) is 2.54. The predicted molar refractivity (Wildman–Crippen MR) is 100 cm³/mol. The summed E-state index contributed by atoms with van der Waals surface area (Å²) in [5.41, 5.74) is 3.49. The lowest BCUT2D eigenvalue weighted by Crippen LogP contribution is -2.37. The van der Waals surface area contributed by atoms with Gasteiger partial charge in [0.25, 0.3) is 5.56 Å². The first-order valence-electron chi connectivity index (χ1n) is 8.08. The Labute approximate surface area is 149 Å². The number of nitrogens with zero attached hydrogens (tertiary/aromatic N) is 5. The maximum atomic E-state index is 12.3. The lowest BCUT2D eigenvalue weighted by atomic mass is 10.2. The molecule has 1 aromatic carbocycles. The Balaban J connectivity index is 1.89. The molecule has 0 bridgehead atoms. The van der Waals surface area contributed by atoms with E-state index in [2.05, 4.69) is 15.5 Å². The van der Waals surface area contributed by atoms with Crippen molar-refractivity contribution < 1.29 is 4.74 Å². The van der Waals surface area contributed by atoms with Gasteiger partial charge in [-0.2, -0.15) is 10.1 Å². The molecule has 0 saturated heterocycles. The first kappa shape index (κ1) is 17.5. The highest BCUT2D eigenvalue weighted by molar-refractivity contribution is 5.80. The zero-order valence-electron chi connectivity index (χ0n) is 15.1. The average molecular weight is 356 g/mol. The van der Waals surface area contributed by atoms with Crippen molar-refractivity contribution in [3.63, 3.8) is 0 Å². The van der Waals surface area contributed by atoms with Crippen molar-refractivity contribution in [1.82, 2.24) is 18.7 Å². The van der Waals surface area contributed by atoms with Crippen LogP contribution in [0.5, 0.6) is 5.75 Å². The van der Waals surface area contributed by atoms with E-state index in [0.717, 1.165) is 15.9 Å². The van der Waals surface area contributed by atoms with E-state index in [1.54, 1.807) is 24.9 Å². The average Bonchev–Trinajstić information content (AvgIpc) is 2.97. The van der Waals surface area contributed by atoms with Gasteiger partial charge in [0.2, 0.25) is 5.95 Å². The molecular formula is C17H20N6O3. The molecule has 136 valence electrons. The van der Waals surface area contributed by atoms with Gasteiger partial charge in [-0.3, -0.25) is 13.9 Å². The van der Waals surface area contributed by atoms with Gasteiger partial charge in [0.15, 0.2) is 11.2 Å². The van der Waals surface area contributed by atoms with E-state index in [1.165, 1.54) is 11.6 Å². The van der Waals surface area contributed by atoms with Gasteiger partial charge >= 0.3 is 5.69 Å². The normalized spacial score (nSPS) is 11.4. The Bertz CT molecular complexity index is 1090. The summed E-state index contributed by atoms with van der Waals surface area (Å²) in [5.74, 6) is 1.16. The SMILES string of the molecule is CCOc1ccc(/C=N/Nc2nc3c(c(=O)n(C)c(=O)n3C)n2C)cc1. The molecule has 0 fully saturated rings. The molecule has 2 heterocycles. The first-order chi connectivity index (χ1) is 12.4. The summed E-state index contributed by atoms with van der Waals surface area (Å²) < 4.78 is 9.35. The van der Waals surface area contributed by atoms with Crippen molar-refractivity contribution >= 4 is 23.3 Å². The Kier molecular flexibility index (Phi) is 4.61. The van der Waals surface area contributed by atoms with E-state index in [9.17, 15) is 9.59 Å². The van der Waals surface area contributed by atoms with Crippen LogP contribution in [0, 0.1) is 0 Å².